The first kappa shape index (κ1) is 15.4. The van der Waals surface area contributed by atoms with Gasteiger partial charge in [-0.25, -0.2) is 4.98 Å². The van der Waals surface area contributed by atoms with Gasteiger partial charge >= 0.3 is 0 Å². The lowest BCUT2D eigenvalue weighted by molar-refractivity contribution is 0.127. The number of hydrogen-bond donors (Lipinski definition) is 2. The molecule has 0 saturated carbocycles. The van der Waals surface area contributed by atoms with E-state index in [1.807, 2.05) is 0 Å². The van der Waals surface area contributed by atoms with Crippen LogP contribution in [0.25, 0.3) is 0 Å². The summed E-state index contributed by atoms with van der Waals surface area (Å²) in [7, 11) is 0. The Morgan fingerprint density at radius 3 is 2.22 bits per heavy atom. The summed E-state index contributed by atoms with van der Waals surface area (Å²) >= 11 is 1.39. The van der Waals surface area contributed by atoms with Gasteiger partial charge in [-0.1, -0.05) is 34.6 Å². The zero-order valence-electron chi connectivity index (χ0n) is 12.1. The lowest BCUT2D eigenvalue weighted by Gasteiger charge is -2.29. The maximum absolute atomic E-state index is 9.52. The van der Waals surface area contributed by atoms with Gasteiger partial charge in [0.05, 0.1) is 6.61 Å². The van der Waals surface area contributed by atoms with E-state index < -0.39 is 0 Å². The summed E-state index contributed by atoms with van der Waals surface area (Å²) in [6.45, 7) is 11.5. The van der Waals surface area contributed by atoms with Gasteiger partial charge < -0.3 is 10.4 Å². The quantitative estimate of drug-likeness (QED) is 0.835. The van der Waals surface area contributed by atoms with Gasteiger partial charge in [-0.3, -0.25) is 0 Å². The van der Waals surface area contributed by atoms with Crippen LogP contribution in [-0.4, -0.2) is 27.6 Å². The van der Waals surface area contributed by atoms with Crippen molar-refractivity contribution >= 4 is 16.7 Å². The third-order valence-corrected chi connectivity index (χ3v) is 4.22. The van der Waals surface area contributed by atoms with E-state index in [9.17, 15) is 5.11 Å². The molecule has 2 N–H and O–H groups in total. The summed E-state index contributed by atoms with van der Waals surface area (Å²) in [6, 6.07) is 0. The van der Waals surface area contributed by atoms with Crippen molar-refractivity contribution < 1.29 is 5.11 Å². The van der Waals surface area contributed by atoms with Crippen LogP contribution >= 0.6 is 11.5 Å². The van der Waals surface area contributed by atoms with E-state index in [0.29, 0.717) is 0 Å². The zero-order valence-corrected chi connectivity index (χ0v) is 12.9. The average Bonchev–Trinajstić information content (AvgIpc) is 2.80. The molecule has 4 nitrogen and oxygen atoms in total. The van der Waals surface area contributed by atoms with Crippen LogP contribution < -0.4 is 5.32 Å². The molecule has 18 heavy (non-hydrogen) atoms. The van der Waals surface area contributed by atoms with E-state index in [-0.39, 0.29) is 17.4 Å². The molecule has 0 amide bonds. The van der Waals surface area contributed by atoms with E-state index in [1.165, 1.54) is 11.5 Å². The van der Waals surface area contributed by atoms with Gasteiger partial charge in [0.15, 0.2) is 0 Å². The highest BCUT2D eigenvalue weighted by molar-refractivity contribution is 7.09. The van der Waals surface area contributed by atoms with Gasteiger partial charge in [-0.15, -0.1) is 0 Å². The minimum absolute atomic E-state index is 0.0139. The SMILES string of the molecule is CCC(CC)(CO)CNc1nc(C(C)(C)C)ns1. The van der Waals surface area contributed by atoms with Crippen LogP contribution in [-0.2, 0) is 5.41 Å². The first-order valence-electron chi connectivity index (χ1n) is 6.56. The Morgan fingerprint density at radius 2 is 1.83 bits per heavy atom. The molecule has 0 saturated heterocycles. The molecule has 0 spiro atoms. The molecule has 1 aromatic heterocycles. The Kier molecular flexibility index (Phi) is 5.10. The van der Waals surface area contributed by atoms with Crippen LogP contribution in [0.4, 0.5) is 5.13 Å². The summed E-state index contributed by atoms with van der Waals surface area (Å²) < 4.78 is 4.37. The van der Waals surface area contributed by atoms with Gasteiger partial charge in [0.25, 0.3) is 0 Å². The highest BCUT2D eigenvalue weighted by Crippen LogP contribution is 2.28. The van der Waals surface area contributed by atoms with E-state index in [1.54, 1.807) is 0 Å². The van der Waals surface area contributed by atoms with Crippen LogP contribution in [0.1, 0.15) is 53.3 Å². The molecule has 0 atom stereocenters. The molecule has 104 valence electrons. The van der Waals surface area contributed by atoms with Crippen LogP contribution in [0.5, 0.6) is 0 Å². The number of aliphatic hydroxyl groups is 1. The smallest absolute Gasteiger partial charge is 0.202 e. The second-order valence-electron chi connectivity index (χ2n) is 5.89. The lowest BCUT2D eigenvalue weighted by Crippen LogP contribution is -2.32. The average molecular weight is 271 g/mol. The van der Waals surface area contributed by atoms with Gasteiger partial charge in [0.2, 0.25) is 5.13 Å². The highest BCUT2D eigenvalue weighted by atomic mass is 32.1. The fourth-order valence-corrected chi connectivity index (χ4v) is 2.39. The van der Waals surface area contributed by atoms with Gasteiger partial charge in [0, 0.05) is 28.9 Å². The minimum atomic E-state index is -0.0480. The second kappa shape index (κ2) is 5.97. The Hall–Kier alpha value is -0.680. The van der Waals surface area contributed by atoms with Crippen molar-refractivity contribution in [3.05, 3.63) is 5.82 Å². The topological polar surface area (TPSA) is 58.0 Å². The standard InChI is InChI=1S/C13H25N3OS/c1-6-13(7-2,9-17)8-14-11-15-10(16-18-11)12(3,4)5/h17H,6-9H2,1-5H3,(H,14,15,16). The summed E-state index contributed by atoms with van der Waals surface area (Å²) in [6.07, 6.45) is 1.91. The molecule has 0 unspecified atom stereocenters. The van der Waals surface area contributed by atoms with E-state index in [0.717, 1.165) is 30.3 Å². The number of rotatable bonds is 6. The van der Waals surface area contributed by atoms with Crippen molar-refractivity contribution in [3.63, 3.8) is 0 Å². The largest absolute Gasteiger partial charge is 0.396 e. The normalized spacial score (nSPS) is 12.8. The molecule has 0 radical (unpaired) electrons. The van der Waals surface area contributed by atoms with Gasteiger partial charge in [-0.05, 0) is 12.8 Å². The maximum atomic E-state index is 9.52. The summed E-state index contributed by atoms with van der Waals surface area (Å²) in [5, 5.41) is 13.7. The third-order valence-electron chi connectivity index (χ3n) is 3.55. The Bertz CT molecular complexity index is 358. The minimum Gasteiger partial charge on any atom is -0.396 e. The molecule has 1 heterocycles. The molecule has 5 heteroatoms. The molecule has 0 fully saturated rings. The second-order valence-corrected chi connectivity index (χ2v) is 6.64. The van der Waals surface area contributed by atoms with Crippen molar-refractivity contribution in [3.8, 4) is 0 Å². The Labute approximate surface area is 114 Å². The first-order chi connectivity index (χ1) is 8.37. The number of hydrogen-bond acceptors (Lipinski definition) is 5. The molecular weight excluding hydrogens is 246 g/mol. The van der Waals surface area contributed by atoms with E-state index >= 15 is 0 Å². The summed E-state index contributed by atoms with van der Waals surface area (Å²) in [4.78, 5) is 4.50. The number of anilines is 1. The number of nitrogens with zero attached hydrogens (tertiary/aromatic N) is 2. The maximum Gasteiger partial charge on any atom is 0.202 e. The van der Waals surface area contributed by atoms with E-state index in [2.05, 4.69) is 49.3 Å². The van der Waals surface area contributed by atoms with Crippen molar-refractivity contribution in [2.24, 2.45) is 5.41 Å². The molecule has 1 rings (SSSR count). The molecule has 0 aliphatic carbocycles. The molecule has 0 aromatic carbocycles. The lowest BCUT2D eigenvalue weighted by atomic mass is 9.83. The van der Waals surface area contributed by atoms with Crippen molar-refractivity contribution in [1.29, 1.82) is 0 Å². The summed E-state index contributed by atoms with van der Waals surface area (Å²) in [5.74, 6) is 0.873. The molecule has 1 aromatic rings. The van der Waals surface area contributed by atoms with Crippen LogP contribution in [0.2, 0.25) is 0 Å². The third kappa shape index (κ3) is 3.65. The number of aliphatic hydroxyl groups excluding tert-OH is 1. The van der Waals surface area contributed by atoms with Crippen molar-refractivity contribution in [2.45, 2.75) is 52.9 Å². The Balaban J connectivity index is 2.66. The Morgan fingerprint density at radius 1 is 1.22 bits per heavy atom. The van der Waals surface area contributed by atoms with Gasteiger partial charge in [0.1, 0.15) is 5.82 Å². The predicted molar refractivity (Wildman–Crippen MR) is 77.2 cm³/mol. The number of nitrogens with one attached hydrogen (secondary N) is 1. The van der Waals surface area contributed by atoms with Crippen LogP contribution in [0.15, 0.2) is 0 Å². The first-order valence-corrected chi connectivity index (χ1v) is 7.33. The van der Waals surface area contributed by atoms with Crippen LogP contribution in [0.3, 0.4) is 0 Å². The van der Waals surface area contributed by atoms with E-state index in [4.69, 9.17) is 0 Å². The molecule has 0 aliphatic rings. The monoisotopic (exact) mass is 271 g/mol. The fraction of sp³-hybridized carbons (Fsp3) is 0.846. The van der Waals surface area contributed by atoms with Crippen molar-refractivity contribution in [1.82, 2.24) is 9.36 Å². The van der Waals surface area contributed by atoms with Crippen molar-refractivity contribution in [2.75, 3.05) is 18.5 Å². The molecular formula is C13H25N3OS. The van der Waals surface area contributed by atoms with Gasteiger partial charge in [-0.2, -0.15) is 4.37 Å². The highest BCUT2D eigenvalue weighted by Gasteiger charge is 2.26. The predicted octanol–water partition coefficient (Wildman–Crippen LogP) is 3.05. The molecule has 0 aliphatic heterocycles. The number of aromatic nitrogens is 2. The molecule has 0 bridgehead atoms. The summed E-state index contributed by atoms with van der Waals surface area (Å²) in [5.41, 5.74) is -0.0619. The zero-order chi connectivity index (χ0) is 13.8. The van der Waals surface area contributed by atoms with Crippen LogP contribution in [0, 0.1) is 5.41 Å². The fourth-order valence-electron chi connectivity index (χ4n) is 1.64.